The molecular weight excluding hydrogens is 196 g/mol. The summed E-state index contributed by atoms with van der Waals surface area (Å²) < 4.78 is 5.33. The molecule has 0 bridgehead atoms. The molecule has 1 heterocycles. The number of hydrogen-bond acceptors (Lipinski definition) is 4. The smallest absolute Gasteiger partial charge is 0.196 e. The van der Waals surface area contributed by atoms with Gasteiger partial charge < -0.3 is 14.6 Å². The predicted molar refractivity (Wildman–Crippen MR) is 55.2 cm³/mol. The molecule has 15 heavy (non-hydrogen) atoms. The summed E-state index contributed by atoms with van der Waals surface area (Å²) in [5, 5.41) is 18.8. The molecule has 2 aromatic rings. The Hall–Kier alpha value is -1.97. The molecule has 0 atom stereocenters. The lowest BCUT2D eigenvalue weighted by Gasteiger charge is -2.02. The Morgan fingerprint density at radius 2 is 2.00 bits per heavy atom. The van der Waals surface area contributed by atoms with Gasteiger partial charge in [0.1, 0.15) is 28.2 Å². The van der Waals surface area contributed by atoms with Crippen molar-refractivity contribution in [1.82, 2.24) is 0 Å². The molecular formula is C11H10O4. The van der Waals surface area contributed by atoms with Gasteiger partial charge in [-0.25, -0.2) is 0 Å². The summed E-state index contributed by atoms with van der Waals surface area (Å²) in [6.45, 7) is 1.85. The van der Waals surface area contributed by atoms with Crippen LogP contribution >= 0.6 is 0 Å². The highest BCUT2D eigenvalue weighted by atomic mass is 16.3. The standard InChI is InChI=1S/C11H10O4/c1-2-7-5-9(14)11-8(13)3-6(12)4-10(11)15-7/h3-5,12-13H,2H2,1H3. The molecule has 2 N–H and O–H groups in total. The first-order valence-electron chi connectivity index (χ1n) is 4.60. The minimum absolute atomic E-state index is 0.102. The van der Waals surface area contributed by atoms with Crippen LogP contribution in [0.25, 0.3) is 11.0 Å². The number of phenolic OH excluding ortho intramolecular Hbond substituents is 2. The summed E-state index contributed by atoms with van der Waals surface area (Å²) in [6, 6.07) is 3.78. The average Bonchev–Trinajstić information content (AvgIpc) is 2.15. The van der Waals surface area contributed by atoms with Crippen molar-refractivity contribution in [3.63, 3.8) is 0 Å². The highest BCUT2D eigenvalue weighted by Crippen LogP contribution is 2.27. The van der Waals surface area contributed by atoms with Crippen molar-refractivity contribution in [2.75, 3.05) is 0 Å². The molecule has 4 nitrogen and oxygen atoms in total. The van der Waals surface area contributed by atoms with E-state index < -0.39 is 0 Å². The third-order valence-corrected chi connectivity index (χ3v) is 2.19. The van der Waals surface area contributed by atoms with Crippen LogP contribution in [0, 0.1) is 0 Å². The molecule has 1 aromatic heterocycles. The second-order valence-corrected chi connectivity index (χ2v) is 3.27. The minimum atomic E-state index is -0.300. The van der Waals surface area contributed by atoms with Crippen molar-refractivity contribution in [2.24, 2.45) is 0 Å². The maximum atomic E-state index is 11.6. The summed E-state index contributed by atoms with van der Waals surface area (Å²) in [6.07, 6.45) is 0.585. The Balaban J connectivity index is 2.91. The molecule has 2 rings (SSSR count). The zero-order valence-electron chi connectivity index (χ0n) is 8.15. The number of hydrogen-bond donors (Lipinski definition) is 2. The van der Waals surface area contributed by atoms with E-state index >= 15 is 0 Å². The van der Waals surface area contributed by atoms with Crippen LogP contribution in [-0.4, -0.2) is 10.2 Å². The number of aryl methyl sites for hydroxylation is 1. The summed E-state index contributed by atoms with van der Waals surface area (Å²) in [5.41, 5.74) is -0.0950. The monoisotopic (exact) mass is 206 g/mol. The third kappa shape index (κ3) is 1.54. The zero-order chi connectivity index (χ0) is 11.0. The van der Waals surface area contributed by atoms with Crippen LogP contribution in [-0.2, 0) is 6.42 Å². The Morgan fingerprint density at radius 3 is 2.67 bits per heavy atom. The van der Waals surface area contributed by atoms with E-state index in [9.17, 15) is 15.0 Å². The first-order chi connectivity index (χ1) is 7.11. The SMILES string of the molecule is CCc1cc(=O)c2c(O)cc(O)cc2o1. The third-order valence-electron chi connectivity index (χ3n) is 2.19. The van der Waals surface area contributed by atoms with Crippen molar-refractivity contribution in [3.8, 4) is 11.5 Å². The molecule has 4 heteroatoms. The number of aromatic hydroxyl groups is 2. The Kier molecular flexibility index (Phi) is 2.11. The van der Waals surface area contributed by atoms with E-state index in [-0.39, 0.29) is 27.9 Å². The maximum absolute atomic E-state index is 11.6. The van der Waals surface area contributed by atoms with Crippen LogP contribution in [0.2, 0.25) is 0 Å². The lowest BCUT2D eigenvalue weighted by molar-refractivity contribution is 0.450. The van der Waals surface area contributed by atoms with Crippen LogP contribution < -0.4 is 5.43 Å². The number of rotatable bonds is 1. The lowest BCUT2D eigenvalue weighted by atomic mass is 10.2. The molecule has 0 aliphatic carbocycles. The molecule has 0 unspecified atom stereocenters. The van der Waals surface area contributed by atoms with E-state index in [1.807, 2.05) is 6.92 Å². The van der Waals surface area contributed by atoms with Gasteiger partial charge in [0.25, 0.3) is 0 Å². The van der Waals surface area contributed by atoms with E-state index in [4.69, 9.17) is 4.42 Å². The highest BCUT2D eigenvalue weighted by molar-refractivity contribution is 5.84. The Morgan fingerprint density at radius 1 is 1.27 bits per heavy atom. The number of fused-ring (bicyclic) bond motifs is 1. The van der Waals surface area contributed by atoms with Gasteiger partial charge in [0.2, 0.25) is 0 Å². The quantitative estimate of drug-likeness (QED) is 0.745. The molecule has 0 radical (unpaired) electrons. The van der Waals surface area contributed by atoms with Crippen molar-refractivity contribution < 1.29 is 14.6 Å². The van der Waals surface area contributed by atoms with Crippen molar-refractivity contribution >= 4 is 11.0 Å². The fourth-order valence-corrected chi connectivity index (χ4v) is 1.48. The molecule has 0 saturated heterocycles. The van der Waals surface area contributed by atoms with Crippen LogP contribution in [0.3, 0.4) is 0 Å². The van der Waals surface area contributed by atoms with E-state index in [0.717, 1.165) is 6.07 Å². The first kappa shape index (κ1) is 9.58. The van der Waals surface area contributed by atoms with Gasteiger partial charge in [-0.15, -0.1) is 0 Å². The molecule has 0 fully saturated rings. The summed E-state index contributed by atoms with van der Waals surface area (Å²) in [7, 11) is 0. The largest absolute Gasteiger partial charge is 0.508 e. The summed E-state index contributed by atoms with van der Waals surface area (Å²) >= 11 is 0. The second-order valence-electron chi connectivity index (χ2n) is 3.27. The van der Waals surface area contributed by atoms with Crippen molar-refractivity contribution in [1.29, 1.82) is 0 Å². The van der Waals surface area contributed by atoms with E-state index in [0.29, 0.717) is 12.2 Å². The van der Waals surface area contributed by atoms with Gasteiger partial charge in [0, 0.05) is 24.6 Å². The van der Waals surface area contributed by atoms with Crippen LogP contribution in [0.15, 0.2) is 27.4 Å². The highest BCUT2D eigenvalue weighted by Gasteiger charge is 2.09. The average molecular weight is 206 g/mol. The number of benzene rings is 1. The van der Waals surface area contributed by atoms with Gasteiger partial charge in [0.05, 0.1) is 0 Å². The van der Waals surface area contributed by atoms with Crippen LogP contribution in [0.4, 0.5) is 0 Å². The van der Waals surface area contributed by atoms with Gasteiger partial charge in [-0.1, -0.05) is 6.92 Å². The molecule has 1 aromatic carbocycles. The summed E-state index contributed by atoms with van der Waals surface area (Å²) in [4.78, 5) is 11.6. The van der Waals surface area contributed by atoms with Gasteiger partial charge in [0.15, 0.2) is 5.43 Å². The number of phenols is 2. The van der Waals surface area contributed by atoms with Gasteiger partial charge in [-0.05, 0) is 0 Å². The summed E-state index contributed by atoms with van der Waals surface area (Å²) in [5.74, 6) is 0.135. The molecule has 0 saturated carbocycles. The van der Waals surface area contributed by atoms with E-state index in [2.05, 4.69) is 0 Å². The topological polar surface area (TPSA) is 70.7 Å². The molecule has 0 aliphatic rings. The first-order valence-corrected chi connectivity index (χ1v) is 4.60. The molecule has 0 spiro atoms. The molecule has 78 valence electrons. The molecule has 0 aliphatic heterocycles. The van der Waals surface area contributed by atoms with E-state index in [1.54, 1.807) is 0 Å². The predicted octanol–water partition coefficient (Wildman–Crippen LogP) is 1.77. The lowest BCUT2D eigenvalue weighted by Crippen LogP contribution is -2.01. The normalized spacial score (nSPS) is 10.7. The Bertz CT molecular complexity index is 569. The second kappa shape index (κ2) is 3.31. The van der Waals surface area contributed by atoms with Crippen LogP contribution in [0.5, 0.6) is 11.5 Å². The fraction of sp³-hybridized carbons (Fsp3) is 0.182. The van der Waals surface area contributed by atoms with Gasteiger partial charge >= 0.3 is 0 Å². The maximum Gasteiger partial charge on any atom is 0.196 e. The Labute approximate surface area is 85.4 Å². The van der Waals surface area contributed by atoms with E-state index in [1.165, 1.54) is 12.1 Å². The van der Waals surface area contributed by atoms with Gasteiger partial charge in [-0.2, -0.15) is 0 Å². The minimum Gasteiger partial charge on any atom is -0.508 e. The molecule has 0 amide bonds. The van der Waals surface area contributed by atoms with Gasteiger partial charge in [-0.3, -0.25) is 4.79 Å². The van der Waals surface area contributed by atoms with Crippen molar-refractivity contribution in [3.05, 3.63) is 34.2 Å². The van der Waals surface area contributed by atoms with Crippen LogP contribution in [0.1, 0.15) is 12.7 Å². The zero-order valence-corrected chi connectivity index (χ0v) is 8.15. The fourth-order valence-electron chi connectivity index (χ4n) is 1.48. The van der Waals surface area contributed by atoms with Crippen molar-refractivity contribution in [2.45, 2.75) is 13.3 Å².